The number of allylic oxidation sites excluding steroid dienone is 3. The maximum absolute atomic E-state index is 13.5. The van der Waals surface area contributed by atoms with E-state index in [0.29, 0.717) is 60.7 Å². The lowest BCUT2D eigenvalue weighted by molar-refractivity contribution is -0.385. The number of amides is 1. The number of hydrogen-bond donors (Lipinski definition) is 1. The van der Waals surface area contributed by atoms with E-state index in [1.54, 1.807) is 24.0 Å². The highest BCUT2D eigenvalue weighted by Crippen LogP contribution is 2.43. The van der Waals surface area contributed by atoms with Gasteiger partial charge in [0, 0.05) is 59.6 Å². The van der Waals surface area contributed by atoms with Gasteiger partial charge in [0.15, 0.2) is 5.78 Å². The minimum Gasteiger partial charge on any atom is -0.378 e. The molecule has 2 aliphatic heterocycles. The second-order valence-corrected chi connectivity index (χ2v) is 7.97. The highest BCUT2D eigenvalue weighted by atomic mass is 16.6. The Morgan fingerprint density at radius 2 is 1.97 bits per heavy atom. The van der Waals surface area contributed by atoms with Crippen LogP contribution in [0.25, 0.3) is 0 Å². The zero-order valence-corrected chi connectivity index (χ0v) is 17.2. The number of rotatable bonds is 3. The Hall–Kier alpha value is -3.00. The van der Waals surface area contributed by atoms with Crippen molar-refractivity contribution >= 4 is 17.4 Å². The lowest BCUT2D eigenvalue weighted by atomic mass is 9.74. The Balaban J connectivity index is 1.86. The fourth-order valence-electron chi connectivity index (χ4n) is 4.54. The summed E-state index contributed by atoms with van der Waals surface area (Å²) in [6.07, 6.45) is 1.90. The standard InChI is InChI=1S/C22H25N3O5/c1-13-6-7-15(12-17(13)25(28)29)20-19(22(27)24-8-10-30-11-9-24)14(2)23-16-4-3-5-18(26)21(16)20/h6-7,12,20,23H,3-5,8-11H2,1-2H3/t20-/m0/s1. The summed E-state index contributed by atoms with van der Waals surface area (Å²) in [5.74, 6) is -0.762. The first-order valence-corrected chi connectivity index (χ1v) is 10.2. The number of ether oxygens (including phenoxy) is 1. The van der Waals surface area contributed by atoms with Crippen LogP contribution in [-0.4, -0.2) is 47.8 Å². The summed E-state index contributed by atoms with van der Waals surface area (Å²) in [6, 6.07) is 5.00. The van der Waals surface area contributed by atoms with Crippen LogP contribution in [0.5, 0.6) is 0 Å². The van der Waals surface area contributed by atoms with Gasteiger partial charge in [0.05, 0.1) is 18.1 Å². The van der Waals surface area contributed by atoms with Gasteiger partial charge in [0.2, 0.25) is 0 Å². The number of aryl methyl sites for hydroxylation is 1. The van der Waals surface area contributed by atoms with E-state index in [1.165, 1.54) is 6.07 Å². The molecule has 0 aromatic heterocycles. The first-order chi connectivity index (χ1) is 14.4. The van der Waals surface area contributed by atoms with Gasteiger partial charge in [-0.25, -0.2) is 0 Å². The van der Waals surface area contributed by atoms with Crippen molar-refractivity contribution in [2.45, 2.75) is 39.0 Å². The molecule has 8 heteroatoms. The van der Waals surface area contributed by atoms with Crippen LogP contribution in [0.3, 0.4) is 0 Å². The van der Waals surface area contributed by atoms with E-state index in [0.717, 1.165) is 18.5 Å². The van der Waals surface area contributed by atoms with E-state index in [2.05, 4.69) is 5.32 Å². The molecule has 1 aliphatic carbocycles. The van der Waals surface area contributed by atoms with E-state index in [1.807, 2.05) is 6.92 Å². The molecule has 0 saturated carbocycles. The maximum Gasteiger partial charge on any atom is 0.272 e. The fourth-order valence-corrected chi connectivity index (χ4v) is 4.54. The summed E-state index contributed by atoms with van der Waals surface area (Å²) < 4.78 is 5.37. The van der Waals surface area contributed by atoms with Crippen LogP contribution < -0.4 is 5.32 Å². The van der Waals surface area contributed by atoms with Crippen molar-refractivity contribution in [3.63, 3.8) is 0 Å². The molecule has 0 unspecified atom stereocenters. The maximum atomic E-state index is 13.5. The molecule has 0 bridgehead atoms. The highest BCUT2D eigenvalue weighted by Gasteiger charge is 2.40. The van der Waals surface area contributed by atoms with Crippen molar-refractivity contribution in [1.82, 2.24) is 10.2 Å². The van der Waals surface area contributed by atoms with Crippen molar-refractivity contribution in [2.24, 2.45) is 0 Å². The number of hydrogen-bond acceptors (Lipinski definition) is 6. The van der Waals surface area contributed by atoms with Crippen LogP contribution in [0.4, 0.5) is 5.69 Å². The number of nitrogens with one attached hydrogen (secondary N) is 1. The van der Waals surface area contributed by atoms with Crippen LogP contribution in [-0.2, 0) is 14.3 Å². The summed E-state index contributed by atoms with van der Waals surface area (Å²) >= 11 is 0. The largest absolute Gasteiger partial charge is 0.378 e. The molecule has 4 rings (SSSR count). The van der Waals surface area contributed by atoms with Crippen molar-refractivity contribution < 1.29 is 19.2 Å². The number of carbonyl (C=O) groups excluding carboxylic acids is 2. The Bertz CT molecular complexity index is 988. The first kappa shape index (κ1) is 20.3. The quantitative estimate of drug-likeness (QED) is 0.606. The molecular weight excluding hydrogens is 386 g/mol. The number of nitro benzene ring substituents is 1. The summed E-state index contributed by atoms with van der Waals surface area (Å²) in [7, 11) is 0. The lowest BCUT2D eigenvalue weighted by Gasteiger charge is -2.37. The van der Waals surface area contributed by atoms with Crippen LogP contribution in [0.15, 0.2) is 40.7 Å². The lowest BCUT2D eigenvalue weighted by Crippen LogP contribution is -2.44. The Labute approximate surface area is 174 Å². The molecule has 1 atom stereocenters. The van der Waals surface area contributed by atoms with Gasteiger partial charge < -0.3 is 15.0 Å². The predicted octanol–water partition coefficient (Wildman–Crippen LogP) is 2.73. The van der Waals surface area contributed by atoms with Crippen LogP contribution in [0.2, 0.25) is 0 Å². The molecule has 0 spiro atoms. The third kappa shape index (κ3) is 3.52. The molecule has 1 amide bonds. The first-order valence-electron chi connectivity index (χ1n) is 10.2. The van der Waals surface area contributed by atoms with Gasteiger partial charge in [0.1, 0.15) is 0 Å². The normalized spacial score (nSPS) is 22.0. The number of morpholine rings is 1. The highest BCUT2D eigenvalue weighted by molar-refractivity contribution is 6.05. The molecule has 1 fully saturated rings. The third-order valence-corrected chi connectivity index (χ3v) is 6.07. The Morgan fingerprint density at radius 3 is 2.67 bits per heavy atom. The van der Waals surface area contributed by atoms with Crippen LogP contribution >= 0.6 is 0 Å². The molecule has 1 N–H and O–H groups in total. The van der Waals surface area contributed by atoms with Gasteiger partial charge in [-0.05, 0) is 32.3 Å². The van der Waals surface area contributed by atoms with E-state index >= 15 is 0 Å². The number of nitro groups is 1. The molecule has 1 aromatic rings. The van der Waals surface area contributed by atoms with Gasteiger partial charge in [0.25, 0.3) is 11.6 Å². The van der Waals surface area contributed by atoms with Gasteiger partial charge in [-0.1, -0.05) is 12.1 Å². The average molecular weight is 411 g/mol. The number of benzene rings is 1. The SMILES string of the molecule is CC1=C(C(=O)N2CCOCC2)[C@H](c2ccc(C)c([N+](=O)[O-])c2)C2=C(CCCC2=O)N1. The van der Waals surface area contributed by atoms with E-state index in [9.17, 15) is 19.7 Å². The summed E-state index contributed by atoms with van der Waals surface area (Å²) in [5, 5.41) is 14.8. The second-order valence-electron chi connectivity index (χ2n) is 7.97. The van der Waals surface area contributed by atoms with Crippen molar-refractivity contribution in [3.05, 3.63) is 62.0 Å². The minimum absolute atomic E-state index is 0.00300. The Kier molecular flexibility index (Phi) is 5.42. The topological polar surface area (TPSA) is 102 Å². The van der Waals surface area contributed by atoms with Gasteiger partial charge >= 0.3 is 0 Å². The molecule has 8 nitrogen and oxygen atoms in total. The number of Topliss-reactive ketones (excluding diaryl/α,β-unsaturated/α-hetero) is 1. The minimum atomic E-state index is -0.608. The number of dihydropyridines is 1. The molecular formula is C22H25N3O5. The molecule has 30 heavy (non-hydrogen) atoms. The fraction of sp³-hybridized carbons (Fsp3) is 0.455. The number of ketones is 1. The zero-order valence-electron chi connectivity index (χ0n) is 17.2. The molecule has 158 valence electrons. The molecule has 2 heterocycles. The summed E-state index contributed by atoms with van der Waals surface area (Å²) in [5.41, 5.74) is 3.73. The molecule has 0 radical (unpaired) electrons. The third-order valence-electron chi connectivity index (χ3n) is 6.07. The predicted molar refractivity (Wildman–Crippen MR) is 110 cm³/mol. The molecule has 3 aliphatic rings. The second kappa shape index (κ2) is 8.02. The number of carbonyl (C=O) groups is 2. The monoisotopic (exact) mass is 411 g/mol. The van der Waals surface area contributed by atoms with Crippen molar-refractivity contribution in [3.8, 4) is 0 Å². The van der Waals surface area contributed by atoms with Gasteiger partial charge in [-0.2, -0.15) is 0 Å². The molecule has 1 saturated heterocycles. The van der Waals surface area contributed by atoms with Crippen molar-refractivity contribution in [2.75, 3.05) is 26.3 Å². The van der Waals surface area contributed by atoms with E-state index in [-0.39, 0.29) is 17.4 Å². The summed E-state index contributed by atoms with van der Waals surface area (Å²) in [6.45, 7) is 5.43. The Morgan fingerprint density at radius 1 is 1.23 bits per heavy atom. The molecule has 1 aromatic carbocycles. The smallest absolute Gasteiger partial charge is 0.272 e. The van der Waals surface area contributed by atoms with Crippen LogP contribution in [0, 0.1) is 17.0 Å². The van der Waals surface area contributed by atoms with Gasteiger partial charge in [-0.15, -0.1) is 0 Å². The number of nitrogens with zero attached hydrogens (tertiary/aromatic N) is 2. The zero-order chi connectivity index (χ0) is 21.4. The van der Waals surface area contributed by atoms with E-state index in [4.69, 9.17) is 4.74 Å². The van der Waals surface area contributed by atoms with E-state index < -0.39 is 10.8 Å². The van der Waals surface area contributed by atoms with Gasteiger partial charge in [-0.3, -0.25) is 19.7 Å². The van der Waals surface area contributed by atoms with Crippen molar-refractivity contribution in [1.29, 1.82) is 0 Å². The average Bonchev–Trinajstić information content (AvgIpc) is 2.73. The summed E-state index contributed by atoms with van der Waals surface area (Å²) in [4.78, 5) is 39.3. The van der Waals surface area contributed by atoms with Crippen LogP contribution in [0.1, 0.15) is 43.2 Å².